The zero-order valence-corrected chi connectivity index (χ0v) is 14.7. The van der Waals surface area contributed by atoms with Crippen molar-refractivity contribution in [2.75, 3.05) is 29.7 Å². The fraction of sp³-hybridized carbons (Fsp3) is 0.111. The molecule has 27 heavy (non-hydrogen) atoms. The molecule has 0 saturated carbocycles. The molecule has 0 fully saturated rings. The maximum Gasteiger partial charge on any atom is 0.250 e. The Balaban J connectivity index is 1.80. The zero-order chi connectivity index (χ0) is 19.2. The Morgan fingerprint density at radius 1 is 0.926 bits per heavy atom. The first-order valence-electron chi connectivity index (χ1n) is 8.01. The second-order valence-corrected chi connectivity index (χ2v) is 5.70. The van der Waals surface area contributed by atoms with E-state index in [0.29, 0.717) is 17.2 Å². The van der Waals surface area contributed by atoms with Crippen molar-refractivity contribution in [3.8, 4) is 0 Å². The van der Waals surface area contributed by atoms with Crippen LogP contribution in [0.3, 0.4) is 0 Å². The highest BCUT2D eigenvalue weighted by Crippen LogP contribution is 2.17. The molecule has 2 N–H and O–H groups in total. The van der Waals surface area contributed by atoms with Gasteiger partial charge >= 0.3 is 0 Å². The summed E-state index contributed by atoms with van der Waals surface area (Å²) in [6.45, 7) is 0. The number of halogens is 2. The minimum atomic E-state index is -0.383. The Morgan fingerprint density at radius 2 is 1.63 bits per heavy atom. The largest absolute Gasteiger partial charge is 0.347 e. The molecule has 9 heteroatoms. The average Bonchev–Trinajstić information content (AvgIpc) is 2.65. The fourth-order valence-corrected chi connectivity index (χ4v) is 2.07. The van der Waals surface area contributed by atoms with E-state index in [1.807, 2.05) is 0 Å². The van der Waals surface area contributed by atoms with E-state index in [9.17, 15) is 8.78 Å². The van der Waals surface area contributed by atoms with E-state index in [-0.39, 0.29) is 23.5 Å². The molecule has 0 spiro atoms. The number of anilines is 4. The second-order valence-electron chi connectivity index (χ2n) is 5.70. The van der Waals surface area contributed by atoms with Crippen molar-refractivity contribution < 1.29 is 8.78 Å². The van der Waals surface area contributed by atoms with Crippen LogP contribution in [0.5, 0.6) is 0 Å². The molecule has 0 aliphatic heterocycles. The van der Waals surface area contributed by atoms with Gasteiger partial charge in [-0.05, 0) is 30.3 Å². The van der Waals surface area contributed by atoms with Gasteiger partial charge < -0.3 is 10.2 Å². The van der Waals surface area contributed by atoms with Crippen molar-refractivity contribution in [1.29, 1.82) is 0 Å². The van der Waals surface area contributed by atoms with Gasteiger partial charge in [-0.3, -0.25) is 0 Å². The van der Waals surface area contributed by atoms with Crippen molar-refractivity contribution in [1.82, 2.24) is 15.0 Å². The van der Waals surface area contributed by atoms with E-state index in [4.69, 9.17) is 0 Å². The Labute approximate surface area is 154 Å². The molecular formula is C18H17F2N7. The highest BCUT2D eigenvalue weighted by Gasteiger charge is 2.08. The van der Waals surface area contributed by atoms with Crippen LogP contribution in [0.15, 0.2) is 53.6 Å². The van der Waals surface area contributed by atoms with Crippen molar-refractivity contribution in [3.63, 3.8) is 0 Å². The van der Waals surface area contributed by atoms with Gasteiger partial charge in [0, 0.05) is 25.3 Å². The average molecular weight is 369 g/mol. The number of nitrogens with zero attached hydrogens (tertiary/aromatic N) is 5. The van der Waals surface area contributed by atoms with Gasteiger partial charge in [0.2, 0.25) is 17.8 Å². The molecule has 0 aliphatic rings. The SMILES string of the molecule is CN(C)c1nc(N/N=C\c2ccccc2F)nc(Nc2ccc(F)cc2)n1. The van der Waals surface area contributed by atoms with Crippen LogP contribution in [-0.2, 0) is 0 Å². The van der Waals surface area contributed by atoms with Crippen LogP contribution < -0.4 is 15.6 Å². The lowest BCUT2D eigenvalue weighted by atomic mass is 10.2. The Bertz CT molecular complexity index is 943. The first kappa shape index (κ1) is 18.2. The summed E-state index contributed by atoms with van der Waals surface area (Å²) >= 11 is 0. The molecular weight excluding hydrogens is 352 g/mol. The molecule has 1 heterocycles. The summed E-state index contributed by atoms with van der Waals surface area (Å²) in [4.78, 5) is 14.4. The summed E-state index contributed by atoms with van der Waals surface area (Å²) in [7, 11) is 3.56. The van der Waals surface area contributed by atoms with Crippen molar-refractivity contribution in [2.45, 2.75) is 0 Å². The van der Waals surface area contributed by atoms with Crippen LogP contribution >= 0.6 is 0 Å². The first-order chi connectivity index (χ1) is 13.0. The molecule has 0 unspecified atom stereocenters. The normalized spacial score (nSPS) is 10.8. The third-order valence-corrected chi connectivity index (χ3v) is 3.40. The number of aromatic nitrogens is 3. The zero-order valence-electron chi connectivity index (χ0n) is 14.7. The number of rotatable bonds is 6. The van der Waals surface area contributed by atoms with Gasteiger partial charge in [-0.2, -0.15) is 20.1 Å². The molecule has 3 rings (SSSR count). The first-order valence-corrected chi connectivity index (χ1v) is 8.01. The molecule has 2 aromatic carbocycles. The smallest absolute Gasteiger partial charge is 0.250 e. The number of benzene rings is 2. The molecule has 0 amide bonds. The number of nitrogens with one attached hydrogen (secondary N) is 2. The van der Waals surface area contributed by atoms with Crippen molar-refractivity contribution >= 4 is 29.7 Å². The van der Waals surface area contributed by atoms with Crippen LogP contribution in [0.2, 0.25) is 0 Å². The predicted molar refractivity (Wildman–Crippen MR) is 101 cm³/mol. The molecule has 0 atom stereocenters. The molecule has 0 aliphatic carbocycles. The van der Waals surface area contributed by atoms with Gasteiger partial charge in [0.05, 0.1) is 6.21 Å². The van der Waals surface area contributed by atoms with Gasteiger partial charge in [-0.1, -0.05) is 18.2 Å². The van der Waals surface area contributed by atoms with Crippen LogP contribution in [0.4, 0.5) is 32.3 Å². The summed E-state index contributed by atoms with van der Waals surface area (Å²) in [5.41, 5.74) is 3.61. The van der Waals surface area contributed by atoms with E-state index in [0.717, 1.165) is 0 Å². The number of hydrogen-bond donors (Lipinski definition) is 2. The predicted octanol–water partition coefficient (Wildman–Crippen LogP) is 3.41. The molecule has 0 saturated heterocycles. The molecule has 1 aromatic heterocycles. The van der Waals surface area contributed by atoms with Crippen LogP contribution in [0.1, 0.15) is 5.56 Å². The fourth-order valence-electron chi connectivity index (χ4n) is 2.07. The van der Waals surface area contributed by atoms with E-state index in [1.54, 1.807) is 49.3 Å². The molecule has 138 valence electrons. The lowest BCUT2D eigenvalue weighted by Crippen LogP contribution is -2.15. The van der Waals surface area contributed by atoms with Crippen LogP contribution in [-0.4, -0.2) is 35.3 Å². The van der Waals surface area contributed by atoms with E-state index in [1.165, 1.54) is 24.4 Å². The van der Waals surface area contributed by atoms with Crippen LogP contribution in [0, 0.1) is 11.6 Å². The molecule has 7 nitrogen and oxygen atoms in total. The summed E-state index contributed by atoms with van der Waals surface area (Å²) in [5, 5.41) is 6.95. The summed E-state index contributed by atoms with van der Waals surface area (Å²) in [5.74, 6) is 0.0920. The van der Waals surface area contributed by atoms with Crippen molar-refractivity contribution in [2.24, 2.45) is 5.10 Å². The quantitative estimate of drug-likeness (QED) is 0.512. The topological polar surface area (TPSA) is 78.3 Å². The van der Waals surface area contributed by atoms with Gasteiger partial charge in [0.15, 0.2) is 0 Å². The van der Waals surface area contributed by atoms with Crippen LogP contribution in [0.25, 0.3) is 0 Å². The summed E-state index contributed by atoms with van der Waals surface area (Å²) < 4.78 is 26.7. The standard InChI is InChI=1S/C18H17F2N7/c1-27(2)18-24-16(22-14-9-7-13(19)8-10-14)23-17(25-18)26-21-11-12-5-3-4-6-15(12)20/h3-11H,1-2H3,(H2,22,23,24,25,26)/b21-11-. The minimum absolute atomic E-state index is 0.172. The maximum absolute atomic E-state index is 13.6. The molecule has 0 bridgehead atoms. The van der Waals surface area contributed by atoms with Crippen molar-refractivity contribution in [3.05, 3.63) is 65.7 Å². The van der Waals surface area contributed by atoms with Gasteiger partial charge in [-0.25, -0.2) is 14.2 Å². The summed E-state index contributed by atoms with van der Waals surface area (Å²) in [6.07, 6.45) is 1.33. The summed E-state index contributed by atoms with van der Waals surface area (Å²) in [6, 6.07) is 12.0. The monoisotopic (exact) mass is 369 g/mol. The third kappa shape index (κ3) is 4.94. The lowest BCUT2D eigenvalue weighted by Gasteiger charge is -2.13. The Kier molecular flexibility index (Phi) is 5.50. The minimum Gasteiger partial charge on any atom is -0.347 e. The molecule has 0 radical (unpaired) electrons. The third-order valence-electron chi connectivity index (χ3n) is 3.40. The highest BCUT2D eigenvalue weighted by molar-refractivity contribution is 5.80. The molecule has 3 aromatic rings. The van der Waals surface area contributed by atoms with E-state index < -0.39 is 0 Å². The lowest BCUT2D eigenvalue weighted by molar-refractivity contribution is 0.626. The van der Waals surface area contributed by atoms with Gasteiger partial charge in [-0.15, -0.1) is 0 Å². The van der Waals surface area contributed by atoms with E-state index >= 15 is 0 Å². The van der Waals surface area contributed by atoms with E-state index in [2.05, 4.69) is 30.8 Å². The Hall–Kier alpha value is -3.62. The van der Waals surface area contributed by atoms with Gasteiger partial charge in [0.25, 0.3) is 0 Å². The highest BCUT2D eigenvalue weighted by atomic mass is 19.1. The second kappa shape index (κ2) is 8.17. The maximum atomic E-state index is 13.6. The number of hydrazone groups is 1. The Morgan fingerprint density at radius 3 is 2.33 bits per heavy atom. The van der Waals surface area contributed by atoms with Gasteiger partial charge in [0.1, 0.15) is 11.6 Å². The number of hydrogen-bond acceptors (Lipinski definition) is 7.